The molecule has 0 saturated heterocycles. The zero-order valence-corrected chi connectivity index (χ0v) is 10.9. The van der Waals surface area contributed by atoms with Crippen LogP contribution in [0.4, 0.5) is 0 Å². The molecule has 1 aliphatic carbocycles. The summed E-state index contributed by atoms with van der Waals surface area (Å²) in [5.74, 6) is 0. The maximum absolute atomic E-state index is 2.30. The fourth-order valence-corrected chi connectivity index (χ4v) is 4.02. The maximum atomic E-state index is 2.30. The van der Waals surface area contributed by atoms with Crippen LogP contribution in [0, 0.1) is 0 Å². The van der Waals surface area contributed by atoms with Gasteiger partial charge in [0.15, 0.2) is 0 Å². The van der Waals surface area contributed by atoms with E-state index < -0.39 is 0 Å². The molecule has 1 saturated carbocycles. The monoisotopic (exact) mass is 214 g/mol. The molecule has 0 spiro atoms. The highest BCUT2D eigenvalue weighted by molar-refractivity contribution is 7.38. The van der Waals surface area contributed by atoms with Crippen LogP contribution in [0.5, 0.6) is 0 Å². The molecular weight excluding hydrogens is 187 g/mol. The lowest BCUT2D eigenvalue weighted by atomic mass is 10.0. The van der Waals surface area contributed by atoms with Gasteiger partial charge in [-0.1, -0.05) is 51.9 Å². The first-order valence-electron chi connectivity index (χ1n) is 6.67. The van der Waals surface area contributed by atoms with Crippen molar-refractivity contribution in [1.29, 1.82) is 0 Å². The first kappa shape index (κ1) is 12.5. The summed E-state index contributed by atoms with van der Waals surface area (Å²) in [6.07, 6.45) is 16.5. The fourth-order valence-electron chi connectivity index (χ4n) is 2.34. The number of hydrogen-bond acceptors (Lipinski definition) is 0. The van der Waals surface area contributed by atoms with E-state index in [2.05, 4.69) is 6.92 Å². The molecule has 0 aliphatic heterocycles. The Labute approximate surface area is 92.0 Å². The second-order valence-electron chi connectivity index (χ2n) is 4.70. The van der Waals surface area contributed by atoms with Crippen molar-refractivity contribution in [2.24, 2.45) is 0 Å². The normalized spacial score (nSPS) is 21.2. The molecule has 1 unspecified atom stereocenters. The molecule has 0 amide bonds. The predicted octanol–water partition coefficient (Wildman–Crippen LogP) is 4.97. The Bertz CT molecular complexity index is 114. The molecule has 0 aromatic carbocycles. The lowest BCUT2D eigenvalue weighted by Gasteiger charge is -2.19. The summed E-state index contributed by atoms with van der Waals surface area (Å²) in [6.45, 7) is 2.30. The van der Waals surface area contributed by atoms with Gasteiger partial charge in [0.2, 0.25) is 0 Å². The van der Waals surface area contributed by atoms with E-state index in [4.69, 9.17) is 0 Å². The van der Waals surface area contributed by atoms with Gasteiger partial charge in [0.05, 0.1) is 0 Å². The van der Waals surface area contributed by atoms with Crippen molar-refractivity contribution >= 4 is 8.58 Å². The first-order valence-corrected chi connectivity index (χ1v) is 7.95. The molecule has 0 bridgehead atoms. The summed E-state index contributed by atoms with van der Waals surface area (Å²) < 4.78 is 0. The van der Waals surface area contributed by atoms with Crippen molar-refractivity contribution in [3.05, 3.63) is 0 Å². The highest BCUT2D eigenvalue weighted by Gasteiger charge is 2.10. The third-order valence-corrected chi connectivity index (χ3v) is 5.12. The van der Waals surface area contributed by atoms with Crippen molar-refractivity contribution in [2.75, 3.05) is 6.16 Å². The molecule has 1 fully saturated rings. The van der Waals surface area contributed by atoms with E-state index >= 15 is 0 Å². The molecule has 0 radical (unpaired) electrons. The average Bonchev–Trinajstić information content (AvgIpc) is 2.15. The van der Waals surface area contributed by atoms with Gasteiger partial charge in [0, 0.05) is 0 Å². The Hall–Kier alpha value is 0.430. The minimum Gasteiger partial charge on any atom is -0.119 e. The van der Waals surface area contributed by atoms with Crippen LogP contribution in [0.3, 0.4) is 0 Å². The highest BCUT2D eigenvalue weighted by atomic mass is 31.1. The van der Waals surface area contributed by atoms with Gasteiger partial charge in [-0.05, 0) is 31.1 Å². The van der Waals surface area contributed by atoms with Crippen LogP contribution in [-0.2, 0) is 0 Å². The van der Waals surface area contributed by atoms with Crippen LogP contribution in [0.15, 0.2) is 0 Å². The van der Waals surface area contributed by atoms with Gasteiger partial charge in [-0.15, -0.1) is 8.58 Å². The van der Waals surface area contributed by atoms with E-state index in [0.717, 1.165) is 5.66 Å². The van der Waals surface area contributed by atoms with Crippen LogP contribution in [0.2, 0.25) is 0 Å². The molecule has 0 aromatic rings. The topological polar surface area (TPSA) is 0 Å². The van der Waals surface area contributed by atoms with Gasteiger partial charge in [-0.2, -0.15) is 0 Å². The third kappa shape index (κ3) is 6.02. The summed E-state index contributed by atoms with van der Waals surface area (Å²) in [4.78, 5) is 0. The predicted molar refractivity (Wildman–Crippen MR) is 68.8 cm³/mol. The van der Waals surface area contributed by atoms with Crippen LogP contribution in [0.1, 0.15) is 71.1 Å². The molecule has 1 heteroatoms. The summed E-state index contributed by atoms with van der Waals surface area (Å²) in [7, 11) is 1.28. The SMILES string of the molecule is CCCCCPC1CCCCCCC1. The molecule has 0 nitrogen and oxygen atoms in total. The van der Waals surface area contributed by atoms with Gasteiger partial charge in [-0.25, -0.2) is 0 Å². The first-order chi connectivity index (χ1) is 6.93. The molecular formula is C13H27P. The zero-order valence-electron chi connectivity index (χ0n) is 9.86. The molecule has 1 atom stereocenters. The molecule has 0 aromatic heterocycles. The van der Waals surface area contributed by atoms with Crippen molar-refractivity contribution in [3.8, 4) is 0 Å². The minimum atomic E-state index is 1.12. The third-order valence-electron chi connectivity index (χ3n) is 3.32. The smallest absolute Gasteiger partial charge is 0.0237 e. The van der Waals surface area contributed by atoms with Crippen molar-refractivity contribution < 1.29 is 0 Å². The summed E-state index contributed by atoms with van der Waals surface area (Å²) in [5, 5.41) is 0. The average molecular weight is 214 g/mol. The standard InChI is InChI=1S/C13H27P/c1-2-3-9-12-14-13-10-7-5-4-6-8-11-13/h13-14H,2-12H2,1H3. The minimum absolute atomic E-state index is 1.12. The van der Waals surface area contributed by atoms with E-state index in [1.165, 1.54) is 66.1 Å². The molecule has 14 heavy (non-hydrogen) atoms. The number of unbranched alkanes of at least 4 members (excludes halogenated alkanes) is 2. The summed E-state index contributed by atoms with van der Waals surface area (Å²) in [6, 6.07) is 0. The van der Waals surface area contributed by atoms with E-state index in [0.29, 0.717) is 0 Å². The van der Waals surface area contributed by atoms with Crippen molar-refractivity contribution in [3.63, 3.8) is 0 Å². The van der Waals surface area contributed by atoms with Gasteiger partial charge in [-0.3, -0.25) is 0 Å². The van der Waals surface area contributed by atoms with Crippen molar-refractivity contribution in [1.82, 2.24) is 0 Å². The second kappa shape index (κ2) is 8.72. The quantitative estimate of drug-likeness (QED) is 0.448. The van der Waals surface area contributed by atoms with Gasteiger partial charge in [0.25, 0.3) is 0 Å². The van der Waals surface area contributed by atoms with E-state index in [1.54, 1.807) is 12.8 Å². The largest absolute Gasteiger partial charge is 0.119 e. The maximum Gasteiger partial charge on any atom is -0.0237 e. The number of hydrogen-bond donors (Lipinski definition) is 0. The van der Waals surface area contributed by atoms with E-state index in [9.17, 15) is 0 Å². The Morgan fingerprint density at radius 3 is 2.21 bits per heavy atom. The molecule has 0 N–H and O–H groups in total. The van der Waals surface area contributed by atoms with Crippen LogP contribution in [0.25, 0.3) is 0 Å². The Balaban J connectivity index is 2.02. The number of rotatable bonds is 5. The Morgan fingerprint density at radius 1 is 0.929 bits per heavy atom. The van der Waals surface area contributed by atoms with Gasteiger partial charge >= 0.3 is 0 Å². The van der Waals surface area contributed by atoms with Gasteiger partial charge < -0.3 is 0 Å². The fraction of sp³-hybridized carbons (Fsp3) is 1.00. The lowest BCUT2D eigenvalue weighted by Crippen LogP contribution is -2.04. The Morgan fingerprint density at radius 2 is 1.57 bits per heavy atom. The van der Waals surface area contributed by atoms with Crippen LogP contribution < -0.4 is 0 Å². The molecule has 1 aliphatic rings. The summed E-state index contributed by atoms with van der Waals surface area (Å²) in [5.41, 5.74) is 1.12. The van der Waals surface area contributed by atoms with Crippen LogP contribution >= 0.6 is 8.58 Å². The van der Waals surface area contributed by atoms with Crippen molar-refractivity contribution in [2.45, 2.75) is 76.8 Å². The zero-order chi connectivity index (χ0) is 10.1. The summed E-state index contributed by atoms with van der Waals surface area (Å²) >= 11 is 0. The molecule has 1 rings (SSSR count). The van der Waals surface area contributed by atoms with E-state index in [-0.39, 0.29) is 0 Å². The van der Waals surface area contributed by atoms with E-state index in [1.807, 2.05) is 0 Å². The highest BCUT2D eigenvalue weighted by Crippen LogP contribution is 2.31. The van der Waals surface area contributed by atoms with Crippen LogP contribution in [-0.4, -0.2) is 11.8 Å². The molecule has 84 valence electrons. The lowest BCUT2D eigenvalue weighted by molar-refractivity contribution is 0.510. The molecule has 0 heterocycles. The Kier molecular flexibility index (Phi) is 7.78. The second-order valence-corrected chi connectivity index (χ2v) is 6.43. The van der Waals surface area contributed by atoms with Gasteiger partial charge in [0.1, 0.15) is 0 Å².